The molecule has 1 aliphatic rings. The van der Waals surface area contributed by atoms with Crippen LogP contribution in [-0.4, -0.2) is 5.11 Å². The Bertz CT molecular complexity index is 320. The predicted molar refractivity (Wildman–Crippen MR) is 49.9 cm³/mol. The Labute approximate surface area is 77.0 Å². The average molecular weight is 183 g/mol. The van der Waals surface area contributed by atoms with E-state index in [1.807, 2.05) is 6.07 Å². The number of aromatic hydroxyl groups is 1. The molecule has 64 valence electrons. The topological polar surface area (TPSA) is 20.2 Å². The van der Waals surface area contributed by atoms with Crippen LogP contribution in [0.5, 0.6) is 5.75 Å². The largest absolute Gasteiger partial charge is 0.506 e. The SMILES string of the molecule is CC1CCc2ccc(O)c(Cl)c21. The van der Waals surface area contributed by atoms with Gasteiger partial charge in [0.05, 0.1) is 5.02 Å². The lowest BCUT2D eigenvalue weighted by molar-refractivity contribution is 0.474. The number of hydrogen-bond acceptors (Lipinski definition) is 1. The van der Waals surface area contributed by atoms with E-state index in [1.54, 1.807) is 6.07 Å². The maximum absolute atomic E-state index is 9.37. The molecule has 0 heterocycles. The zero-order valence-electron chi connectivity index (χ0n) is 6.97. The van der Waals surface area contributed by atoms with Crippen LogP contribution in [0.2, 0.25) is 5.02 Å². The third kappa shape index (κ3) is 1.00. The second kappa shape index (κ2) is 2.67. The van der Waals surface area contributed by atoms with Crippen LogP contribution in [-0.2, 0) is 6.42 Å². The van der Waals surface area contributed by atoms with Crippen molar-refractivity contribution in [3.63, 3.8) is 0 Å². The Balaban J connectivity index is 2.63. The van der Waals surface area contributed by atoms with Crippen molar-refractivity contribution in [3.05, 3.63) is 28.3 Å². The molecule has 0 saturated carbocycles. The van der Waals surface area contributed by atoms with Crippen molar-refractivity contribution in [2.24, 2.45) is 0 Å². The Kier molecular flexibility index (Phi) is 1.76. The first kappa shape index (κ1) is 7.93. The van der Waals surface area contributed by atoms with Gasteiger partial charge in [0.1, 0.15) is 5.75 Å². The van der Waals surface area contributed by atoms with E-state index in [0.717, 1.165) is 18.4 Å². The molecular formula is C10H11ClO. The minimum atomic E-state index is 0.212. The molecule has 1 unspecified atom stereocenters. The third-order valence-corrected chi connectivity index (χ3v) is 2.99. The molecule has 0 bridgehead atoms. The van der Waals surface area contributed by atoms with Gasteiger partial charge in [-0.25, -0.2) is 0 Å². The normalized spacial score (nSPS) is 21.0. The van der Waals surface area contributed by atoms with Gasteiger partial charge in [0.15, 0.2) is 0 Å². The summed E-state index contributed by atoms with van der Waals surface area (Å²) in [6, 6.07) is 3.65. The minimum Gasteiger partial charge on any atom is -0.506 e. The molecule has 1 aromatic carbocycles. The molecule has 1 aliphatic carbocycles. The van der Waals surface area contributed by atoms with Gasteiger partial charge >= 0.3 is 0 Å². The second-order valence-corrected chi connectivity index (χ2v) is 3.79. The summed E-state index contributed by atoms with van der Waals surface area (Å²) in [7, 11) is 0. The minimum absolute atomic E-state index is 0.212. The molecule has 2 heteroatoms. The summed E-state index contributed by atoms with van der Waals surface area (Å²) < 4.78 is 0. The Morgan fingerprint density at radius 1 is 1.50 bits per heavy atom. The summed E-state index contributed by atoms with van der Waals surface area (Å²) in [4.78, 5) is 0. The molecule has 0 spiro atoms. The lowest BCUT2D eigenvalue weighted by Crippen LogP contribution is -1.88. The summed E-state index contributed by atoms with van der Waals surface area (Å²) in [6.07, 6.45) is 2.25. The quantitative estimate of drug-likeness (QED) is 0.654. The van der Waals surface area contributed by atoms with E-state index in [4.69, 9.17) is 11.6 Å². The number of phenols is 1. The summed E-state index contributed by atoms with van der Waals surface area (Å²) in [6.45, 7) is 2.15. The van der Waals surface area contributed by atoms with Crippen LogP contribution in [0.4, 0.5) is 0 Å². The van der Waals surface area contributed by atoms with Gasteiger partial charge in [0.2, 0.25) is 0 Å². The number of hydrogen-bond donors (Lipinski definition) is 1. The molecular weight excluding hydrogens is 172 g/mol. The maximum atomic E-state index is 9.37. The Hall–Kier alpha value is -0.690. The number of benzene rings is 1. The van der Waals surface area contributed by atoms with E-state index in [2.05, 4.69) is 6.92 Å². The van der Waals surface area contributed by atoms with Crippen LogP contribution in [0.25, 0.3) is 0 Å². The van der Waals surface area contributed by atoms with E-state index in [9.17, 15) is 5.11 Å². The van der Waals surface area contributed by atoms with Gasteiger partial charge in [-0.05, 0) is 36.0 Å². The van der Waals surface area contributed by atoms with Crippen LogP contribution >= 0.6 is 11.6 Å². The highest BCUT2D eigenvalue weighted by molar-refractivity contribution is 6.33. The fraction of sp³-hybridized carbons (Fsp3) is 0.400. The second-order valence-electron chi connectivity index (χ2n) is 3.41. The number of halogens is 1. The van der Waals surface area contributed by atoms with Gasteiger partial charge in [-0.15, -0.1) is 0 Å². The molecule has 0 aromatic heterocycles. The summed E-state index contributed by atoms with van der Waals surface area (Å²) >= 11 is 5.98. The molecule has 0 amide bonds. The molecule has 1 atom stereocenters. The van der Waals surface area contributed by atoms with Gasteiger partial charge in [0.25, 0.3) is 0 Å². The van der Waals surface area contributed by atoms with Crippen molar-refractivity contribution in [1.82, 2.24) is 0 Å². The maximum Gasteiger partial charge on any atom is 0.134 e. The van der Waals surface area contributed by atoms with Gasteiger partial charge in [-0.2, -0.15) is 0 Å². The smallest absolute Gasteiger partial charge is 0.134 e. The molecule has 1 nitrogen and oxygen atoms in total. The van der Waals surface area contributed by atoms with Crippen molar-refractivity contribution < 1.29 is 5.11 Å². The molecule has 0 fully saturated rings. The van der Waals surface area contributed by atoms with E-state index >= 15 is 0 Å². The summed E-state index contributed by atoms with van der Waals surface area (Å²) in [5.74, 6) is 0.712. The van der Waals surface area contributed by atoms with E-state index in [-0.39, 0.29) is 5.75 Å². The lowest BCUT2D eigenvalue weighted by atomic mass is 10.0. The van der Waals surface area contributed by atoms with Crippen LogP contribution in [0, 0.1) is 0 Å². The molecule has 0 saturated heterocycles. The lowest BCUT2D eigenvalue weighted by Gasteiger charge is -2.07. The zero-order valence-corrected chi connectivity index (χ0v) is 7.73. The van der Waals surface area contributed by atoms with E-state index in [1.165, 1.54) is 5.56 Å². The first-order valence-electron chi connectivity index (χ1n) is 4.20. The third-order valence-electron chi connectivity index (χ3n) is 2.59. The zero-order chi connectivity index (χ0) is 8.72. The first-order chi connectivity index (χ1) is 5.70. The fourth-order valence-corrected chi connectivity index (χ4v) is 2.26. The van der Waals surface area contributed by atoms with Crippen LogP contribution in [0.1, 0.15) is 30.4 Å². The molecule has 2 rings (SSSR count). The number of rotatable bonds is 0. The van der Waals surface area contributed by atoms with E-state index in [0.29, 0.717) is 10.9 Å². The highest BCUT2D eigenvalue weighted by Gasteiger charge is 2.22. The Morgan fingerprint density at radius 3 is 3.00 bits per heavy atom. The summed E-state index contributed by atoms with van der Waals surface area (Å²) in [5.41, 5.74) is 2.45. The fourth-order valence-electron chi connectivity index (χ4n) is 1.89. The molecule has 0 radical (unpaired) electrons. The monoisotopic (exact) mass is 182 g/mol. The van der Waals surface area contributed by atoms with Crippen molar-refractivity contribution in [3.8, 4) is 5.75 Å². The molecule has 1 aromatic rings. The van der Waals surface area contributed by atoms with Crippen molar-refractivity contribution >= 4 is 11.6 Å². The highest BCUT2D eigenvalue weighted by atomic mass is 35.5. The number of fused-ring (bicyclic) bond motifs is 1. The highest BCUT2D eigenvalue weighted by Crippen LogP contribution is 2.41. The molecule has 1 N–H and O–H groups in total. The van der Waals surface area contributed by atoms with Crippen molar-refractivity contribution in [1.29, 1.82) is 0 Å². The van der Waals surface area contributed by atoms with Crippen LogP contribution in [0.15, 0.2) is 12.1 Å². The standard InChI is InChI=1S/C10H11ClO/c1-6-2-3-7-4-5-8(12)10(11)9(6)7/h4-6,12H,2-3H2,1H3. The van der Waals surface area contributed by atoms with Gasteiger partial charge < -0.3 is 5.11 Å². The van der Waals surface area contributed by atoms with Crippen molar-refractivity contribution in [2.75, 3.05) is 0 Å². The van der Waals surface area contributed by atoms with Gasteiger partial charge in [-0.3, -0.25) is 0 Å². The van der Waals surface area contributed by atoms with E-state index < -0.39 is 0 Å². The molecule has 0 aliphatic heterocycles. The summed E-state index contributed by atoms with van der Waals surface area (Å²) in [5, 5.41) is 9.92. The van der Waals surface area contributed by atoms with Gasteiger partial charge in [0, 0.05) is 0 Å². The first-order valence-corrected chi connectivity index (χ1v) is 4.58. The van der Waals surface area contributed by atoms with Crippen LogP contribution < -0.4 is 0 Å². The predicted octanol–water partition coefficient (Wildman–Crippen LogP) is 3.10. The average Bonchev–Trinajstić information content (AvgIpc) is 2.41. The van der Waals surface area contributed by atoms with Crippen molar-refractivity contribution in [2.45, 2.75) is 25.7 Å². The van der Waals surface area contributed by atoms with Crippen LogP contribution in [0.3, 0.4) is 0 Å². The number of phenolic OH excluding ortho intramolecular Hbond substituents is 1. The van der Waals surface area contributed by atoms with Gasteiger partial charge in [-0.1, -0.05) is 24.6 Å². The Morgan fingerprint density at radius 2 is 2.25 bits per heavy atom. The number of aryl methyl sites for hydroxylation is 1. The molecule has 12 heavy (non-hydrogen) atoms.